The van der Waals surface area contributed by atoms with Gasteiger partial charge in [0.05, 0.1) is 0 Å². The fourth-order valence-electron chi connectivity index (χ4n) is 5.00. The molecule has 0 aromatic carbocycles. The molecular formula is C54H95N3S3. The molecule has 0 amide bonds. The quantitative estimate of drug-likeness (QED) is 0.145. The van der Waals surface area contributed by atoms with E-state index in [4.69, 9.17) is 0 Å². The van der Waals surface area contributed by atoms with Gasteiger partial charge in [-0.3, -0.25) is 0 Å². The van der Waals surface area contributed by atoms with Crippen LogP contribution < -0.4 is 0 Å². The Morgan fingerprint density at radius 1 is 0.383 bits per heavy atom. The van der Waals surface area contributed by atoms with Crippen molar-refractivity contribution in [1.29, 1.82) is 0 Å². The van der Waals surface area contributed by atoms with Crippen LogP contribution in [0.5, 0.6) is 0 Å². The first-order valence-corrected chi connectivity index (χ1v) is 23.4. The molecule has 0 unspecified atom stereocenters. The summed E-state index contributed by atoms with van der Waals surface area (Å²) in [4.78, 5) is 7.40. The van der Waals surface area contributed by atoms with E-state index in [0.29, 0.717) is 47.7 Å². The number of aryl methyl sites for hydroxylation is 2. The molecule has 60 heavy (non-hydrogen) atoms. The molecule has 344 valence electrons. The minimum atomic E-state index is 0. The Kier molecular flexibility index (Phi) is 35.6. The molecule has 6 heteroatoms. The third-order valence-electron chi connectivity index (χ3n) is 8.91. The highest BCUT2D eigenvalue weighted by Crippen LogP contribution is 2.29. The highest BCUT2D eigenvalue weighted by Gasteiger charge is 2.06. The summed E-state index contributed by atoms with van der Waals surface area (Å²) >= 11 is 5.68. The van der Waals surface area contributed by atoms with Crippen LogP contribution in [0.3, 0.4) is 0 Å². The molecule has 0 atom stereocenters. The Hall–Kier alpha value is -3.06. The van der Waals surface area contributed by atoms with Crippen LogP contribution in [-0.4, -0.2) is 13.7 Å². The molecule has 0 saturated heterocycles. The monoisotopic (exact) mass is 882 g/mol. The number of hydrogen-bond donors (Lipinski definition) is 0. The summed E-state index contributed by atoms with van der Waals surface area (Å²) in [6, 6.07) is 23.4. The third kappa shape index (κ3) is 25.7. The normalized spacial score (nSPS) is 10.2. The molecule has 0 aliphatic rings. The lowest BCUT2D eigenvalue weighted by Gasteiger charge is -2.06. The van der Waals surface area contributed by atoms with Crippen LogP contribution in [0.25, 0.3) is 0 Å². The molecule has 6 rings (SSSR count). The van der Waals surface area contributed by atoms with E-state index in [9.17, 15) is 0 Å². The Balaban J connectivity index is -0.000000311. The molecule has 0 aliphatic heterocycles. The Morgan fingerprint density at radius 3 is 1.02 bits per heavy atom. The van der Waals surface area contributed by atoms with E-state index in [1.807, 2.05) is 46.1 Å². The van der Waals surface area contributed by atoms with Crippen molar-refractivity contribution in [3.8, 4) is 0 Å². The van der Waals surface area contributed by atoms with Gasteiger partial charge in [-0.25, -0.2) is 0 Å². The molecule has 0 spiro atoms. The van der Waals surface area contributed by atoms with Crippen molar-refractivity contribution in [2.75, 3.05) is 0 Å². The summed E-state index contributed by atoms with van der Waals surface area (Å²) in [7, 11) is 0. The summed E-state index contributed by atoms with van der Waals surface area (Å²) in [6.45, 7) is 39.7. The van der Waals surface area contributed by atoms with E-state index < -0.39 is 0 Å². The van der Waals surface area contributed by atoms with Crippen LogP contribution in [0.15, 0.2) is 103 Å². The second-order valence-corrected chi connectivity index (χ2v) is 20.4. The molecule has 6 aromatic rings. The van der Waals surface area contributed by atoms with Gasteiger partial charge in [0.15, 0.2) is 0 Å². The van der Waals surface area contributed by atoms with E-state index in [1.165, 1.54) is 35.5 Å². The lowest BCUT2D eigenvalue weighted by molar-refractivity contribution is 0.601. The SMILES string of the molecule is C.C.C.C.CC(C)c1ccc(C(C)C)s1.CC(C)c1cccs1.CC(C)c1ccn(C(C)C)c1.CC(C)n1cccc1.Cc1ccc(C(C)C)s1.Cc1ccn(C(C)C)c1. The van der Waals surface area contributed by atoms with Gasteiger partial charge >= 0.3 is 0 Å². The Morgan fingerprint density at radius 2 is 0.800 bits per heavy atom. The first kappa shape index (κ1) is 63.6. The van der Waals surface area contributed by atoms with Crippen molar-refractivity contribution in [3.05, 3.63) is 139 Å². The van der Waals surface area contributed by atoms with Crippen LogP contribution in [0.2, 0.25) is 0 Å². The second kappa shape index (κ2) is 33.6. The molecule has 6 heterocycles. The second-order valence-electron chi connectivity index (χ2n) is 16.9. The van der Waals surface area contributed by atoms with E-state index in [1.54, 1.807) is 0 Å². The van der Waals surface area contributed by atoms with Crippen molar-refractivity contribution in [2.24, 2.45) is 0 Å². The zero-order valence-electron chi connectivity index (χ0n) is 38.5. The number of nitrogens with zero attached hydrogens (tertiary/aromatic N) is 3. The Bertz CT molecular complexity index is 1610. The van der Waals surface area contributed by atoms with E-state index in [-0.39, 0.29) is 29.7 Å². The van der Waals surface area contributed by atoms with Gasteiger partial charge in [0.2, 0.25) is 0 Å². The van der Waals surface area contributed by atoms with Crippen molar-refractivity contribution in [2.45, 2.75) is 202 Å². The first-order chi connectivity index (χ1) is 26.2. The van der Waals surface area contributed by atoms with Crippen LogP contribution in [-0.2, 0) is 0 Å². The molecular weight excluding hydrogens is 787 g/mol. The molecule has 0 fully saturated rings. The maximum atomic E-state index is 2.25. The van der Waals surface area contributed by atoms with Crippen molar-refractivity contribution in [1.82, 2.24) is 13.7 Å². The molecule has 0 aliphatic carbocycles. The smallest absolute Gasteiger partial charge is 0.0274 e. The van der Waals surface area contributed by atoms with Gasteiger partial charge in [0.25, 0.3) is 0 Å². The van der Waals surface area contributed by atoms with Gasteiger partial charge in [-0.15, -0.1) is 34.0 Å². The molecule has 6 aromatic heterocycles. The van der Waals surface area contributed by atoms with E-state index in [0.717, 1.165) is 0 Å². The third-order valence-corrected chi connectivity index (χ3v) is 13.1. The lowest BCUT2D eigenvalue weighted by Crippen LogP contribution is -1.96. The summed E-state index contributed by atoms with van der Waals surface area (Å²) in [6.07, 6.45) is 12.8. The van der Waals surface area contributed by atoms with Gasteiger partial charge in [-0.05, 0) is 156 Å². The summed E-state index contributed by atoms with van der Waals surface area (Å²) in [5.41, 5.74) is 2.77. The summed E-state index contributed by atoms with van der Waals surface area (Å²) < 4.78 is 6.62. The van der Waals surface area contributed by atoms with Crippen molar-refractivity contribution >= 4 is 34.0 Å². The maximum absolute atomic E-state index is 2.25. The summed E-state index contributed by atoms with van der Waals surface area (Å²) in [5.74, 6) is 3.42. The standard InChI is InChI=1S/C10H17N.C10H16S.C8H13N.C8H12S.C7H11N.C7H10S.4CH4/c1-8(2)10-5-6-11(7-10)9(3)4;1-7(2)9-5-6-10(11-9)8(3)4;1-7(2)9-5-4-8(3)6-9;1-6(2)8-5-4-7(3)9-8;1-7(2)8-5-3-4-6-8;1-6(2)7-4-3-5-8-7;;;;/h5-9H,1-4H3;5-8H,1-4H3;4-7H,1-3H3;4-6H,1-3H3;3-7H,1-2H3;3-6H,1-2H3;4*1H4. The minimum Gasteiger partial charge on any atom is -0.352 e. The Labute approximate surface area is 386 Å². The predicted octanol–water partition coefficient (Wildman–Crippen LogP) is 20.2. The van der Waals surface area contributed by atoms with Gasteiger partial charge in [-0.2, -0.15) is 0 Å². The molecule has 3 nitrogen and oxygen atoms in total. The van der Waals surface area contributed by atoms with E-state index in [2.05, 4.69) is 229 Å². The van der Waals surface area contributed by atoms with Gasteiger partial charge in [-0.1, -0.05) is 105 Å². The van der Waals surface area contributed by atoms with Crippen molar-refractivity contribution < 1.29 is 0 Å². The zero-order chi connectivity index (χ0) is 42.5. The average Bonchev–Trinajstić information content (AvgIpc) is 3.98. The number of thiophene rings is 3. The van der Waals surface area contributed by atoms with Gasteiger partial charge in [0.1, 0.15) is 0 Å². The van der Waals surface area contributed by atoms with Crippen LogP contribution in [0, 0.1) is 13.8 Å². The van der Waals surface area contributed by atoms with Gasteiger partial charge in [0, 0.05) is 79.7 Å². The van der Waals surface area contributed by atoms with Crippen LogP contribution in [0.1, 0.15) is 224 Å². The number of hydrogen-bond acceptors (Lipinski definition) is 3. The fraction of sp³-hybridized carbons (Fsp3) is 0.556. The summed E-state index contributed by atoms with van der Waals surface area (Å²) in [5, 5.41) is 2.12. The number of aromatic nitrogens is 3. The highest BCUT2D eigenvalue weighted by atomic mass is 32.1. The topological polar surface area (TPSA) is 14.8 Å². The average molecular weight is 883 g/mol. The highest BCUT2D eigenvalue weighted by molar-refractivity contribution is 7.12. The van der Waals surface area contributed by atoms with Crippen LogP contribution >= 0.6 is 34.0 Å². The van der Waals surface area contributed by atoms with E-state index >= 15 is 0 Å². The zero-order valence-corrected chi connectivity index (χ0v) is 40.9. The van der Waals surface area contributed by atoms with Crippen molar-refractivity contribution in [3.63, 3.8) is 0 Å². The fourth-order valence-corrected chi connectivity index (χ4v) is 7.64. The van der Waals surface area contributed by atoms with Gasteiger partial charge < -0.3 is 13.7 Å². The molecule has 0 bridgehead atoms. The minimum absolute atomic E-state index is 0. The molecule has 0 N–H and O–H groups in total. The molecule has 0 saturated carbocycles. The molecule has 0 radical (unpaired) electrons. The lowest BCUT2D eigenvalue weighted by atomic mass is 10.1. The van der Waals surface area contributed by atoms with Crippen LogP contribution in [0.4, 0.5) is 0 Å². The maximum Gasteiger partial charge on any atom is 0.0274 e. The first-order valence-electron chi connectivity index (χ1n) is 20.9. The number of rotatable bonds is 8. The largest absolute Gasteiger partial charge is 0.352 e. The predicted molar refractivity (Wildman–Crippen MR) is 284 cm³/mol.